The molecule has 1 amide bonds. The Balaban J connectivity index is 1.72. The maximum atomic E-state index is 11.8. The molecule has 2 aromatic heterocycles. The number of carbonyl (C=O) groups excluding carboxylic acids is 1. The number of rotatable bonds is 4. The van der Waals surface area contributed by atoms with Crippen molar-refractivity contribution in [3.8, 4) is 0 Å². The van der Waals surface area contributed by atoms with Gasteiger partial charge in [-0.05, 0) is 30.0 Å². The maximum Gasteiger partial charge on any atom is 0.433 e. The molecule has 1 aliphatic heterocycles. The molecule has 112 valence electrons. The van der Waals surface area contributed by atoms with E-state index in [4.69, 9.17) is 8.83 Å². The van der Waals surface area contributed by atoms with Gasteiger partial charge in [-0.15, -0.1) is 0 Å². The number of thioether (sulfide) groups is 1. The minimum atomic E-state index is -0.639. The number of hydrogen-bond acceptors (Lipinski definition) is 7. The summed E-state index contributed by atoms with van der Waals surface area (Å²) in [6.07, 6.45) is 2.98. The molecule has 0 saturated carbocycles. The number of carbonyl (C=O) groups is 1. The predicted molar refractivity (Wildman–Crippen MR) is 78.9 cm³/mol. The van der Waals surface area contributed by atoms with E-state index in [1.807, 2.05) is 0 Å². The van der Waals surface area contributed by atoms with Crippen LogP contribution in [0.5, 0.6) is 0 Å². The van der Waals surface area contributed by atoms with Crippen LogP contribution in [0.1, 0.15) is 11.5 Å². The summed E-state index contributed by atoms with van der Waals surface area (Å²) in [4.78, 5) is 26.3. The van der Waals surface area contributed by atoms with E-state index < -0.39 is 4.92 Å². The van der Waals surface area contributed by atoms with Crippen LogP contribution in [-0.4, -0.2) is 16.0 Å². The summed E-state index contributed by atoms with van der Waals surface area (Å²) in [6, 6.07) is 6.20. The van der Waals surface area contributed by atoms with E-state index in [0.29, 0.717) is 22.4 Å². The number of hydrogen-bond donors (Lipinski definition) is 1. The molecule has 1 saturated heterocycles. The summed E-state index contributed by atoms with van der Waals surface area (Å²) in [7, 11) is 0. The van der Waals surface area contributed by atoms with Crippen molar-refractivity contribution in [3.05, 3.63) is 57.1 Å². The van der Waals surface area contributed by atoms with Crippen molar-refractivity contribution in [1.82, 2.24) is 5.32 Å². The van der Waals surface area contributed by atoms with Gasteiger partial charge in [-0.3, -0.25) is 19.9 Å². The molecule has 0 radical (unpaired) electrons. The number of amidine groups is 1. The molecular weight excluding hydrogens is 310 g/mol. The summed E-state index contributed by atoms with van der Waals surface area (Å²) >= 11 is 1.13. The standard InChI is InChI=1S/C13H9N3O5S/c17-12-10(6-8-3-4-11(21-8)16(18)19)22-13(15-12)14-7-9-2-1-5-20-9/h1-6H,7H2,(H,14,15,17)/b10-6-. The highest BCUT2D eigenvalue weighted by molar-refractivity contribution is 8.18. The van der Waals surface area contributed by atoms with E-state index in [9.17, 15) is 14.9 Å². The second-order valence-corrected chi connectivity index (χ2v) is 5.23. The van der Waals surface area contributed by atoms with Crippen molar-refractivity contribution in [2.45, 2.75) is 6.54 Å². The van der Waals surface area contributed by atoms with E-state index >= 15 is 0 Å². The Kier molecular flexibility index (Phi) is 3.79. The summed E-state index contributed by atoms with van der Waals surface area (Å²) in [5, 5.41) is 13.6. The average Bonchev–Trinajstić information content (AvgIpc) is 3.19. The summed E-state index contributed by atoms with van der Waals surface area (Å²) < 4.78 is 10.1. The van der Waals surface area contributed by atoms with Gasteiger partial charge >= 0.3 is 5.88 Å². The zero-order valence-corrected chi connectivity index (χ0v) is 11.8. The van der Waals surface area contributed by atoms with E-state index in [-0.39, 0.29) is 17.6 Å². The molecule has 1 fully saturated rings. The van der Waals surface area contributed by atoms with Gasteiger partial charge in [0.05, 0.1) is 23.8 Å². The molecular formula is C13H9N3O5S. The van der Waals surface area contributed by atoms with Crippen LogP contribution < -0.4 is 5.32 Å². The van der Waals surface area contributed by atoms with Crippen molar-refractivity contribution < 1.29 is 18.6 Å². The first-order chi connectivity index (χ1) is 10.6. The summed E-state index contributed by atoms with van der Waals surface area (Å²) in [6.45, 7) is 0.315. The Morgan fingerprint density at radius 2 is 2.27 bits per heavy atom. The van der Waals surface area contributed by atoms with Crippen LogP contribution in [0.15, 0.2) is 49.3 Å². The van der Waals surface area contributed by atoms with Crippen LogP contribution in [0.25, 0.3) is 6.08 Å². The molecule has 0 spiro atoms. The third-order valence-corrected chi connectivity index (χ3v) is 3.62. The largest absolute Gasteiger partial charge is 0.467 e. The number of nitrogens with one attached hydrogen (secondary N) is 1. The summed E-state index contributed by atoms with van der Waals surface area (Å²) in [5.41, 5.74) is 0. The SMILES string of the molecule is O=C1NC(=NCc2ccco2)S/C1=C\c1ccc([N+](=O)[O-])o1. The number of aliphatic imine (C=N–C) groups is 1. The third kappa shape index (κ3) is 3.09. The van der Waals surface area contributed by atoms with E-state index in [1.165, 1.54) is 18.2 Å². The smallest absolute Gasteiger partial charge is 0.433 e. The Hall–Kier alpha value is -2.81. The second kappa shape index (κ2) is 5.90. The first-order valence-electron chi connectivity index (χ1n) is 6.14. The zero-order valence-electron chi connectivity index (χ0n) is 11.0. The molecule has 1 aliphatic rings. The molecule has 8 nitrogen and oxygen atoms in total. The third-order valence-electron chi connectivity index (χ3n) is 2.68. The normalized spacial score (nSPS) is 18.1. The molecule has 2 aromatic rings. The quantitative estimate of drug-likeness (QED) is 0.526. The predicted octanol–water partition coefficient (Wildman–Crippen LogP) is 2.54. The Morgan fingerprint density at radius 3 is 2.95 bits per heavy atom. The highest BCUT2D eigenvalue weighted by atomic mass is 32.2. The number of nitrogens with zero attached hydrogens (tertiary/aromatic N) is 2. The molecule has 0 bridgehead atoms. The van der Waals surface area contributed by atoms with Crippen LogP contribution in [0.2, 0.25) is 0 Å². The summed E-state index contributed by atoms with van der Waals surface area (Å²) in [5.74, 6) is 0.210. The molecule has 3 heterocycles. The number of nitro groups is 1. The van der Waals surface area contributed by atoms with Crippen molar-refractivity contribution in [2.75, 3.05) is 0 Å². The molecule has 0 aliphatic carbocycles. The first-order valence-corrected chi connectivity index (χ1v) is 6.95. The Labute approximate surface area is 128 Å². The van der Waals surface area contributed by atoms with Gasteiger partial charge in [0.2, 0.25) is 0 Å². The van der Waals surface area contributed by atoms with Gasteiger partial charge < -0.3 is 14.2 Å². The van der Waals surface area contributed by atoms with Crippen LogP contribution in [-0.2, 0) is 11.3 Å². The van der Waals surface area contributed by atoms with Gasteiger partial charge in [-0.2, -0.15) is 0 Å². The second-order valence-electron chi connectivity index (χ2n) is 4.20. The lowest BCUT2D eigenvalue weighted by Gasteiger charge is -1.93. The minimum Gasteiger partial charge on any atom is -0.467 e. The first kappa shape index (κ1) is 14.1. The van der Waals surface area contributed by atoms with Crippen molar-refractivity contribution in [3.63, 3.8) is 0 Å². The lowest BCUT2D eigenvalue weighted by atomic mass is 10.4. The maximum absolute atomic E-state index is 11.8. The van der Waals surface area contributed by atoms with Gasteiger partial charge in [-0.25, -0.2) is 0 Å². The van der Waals surface area contributed by atoms with Crippen LogP contribution >= 0.6 is 11.8 Å². The van der Waals surface area contributed by atoms with Gasteiger partial charge in [0, 0.05) is 6.08 Å². The molecule has 1 N–H and O–H groups in total. The molecule has 9 heteroatoms. The van der Waals surface area contributed by atoms with E-state index in [2.05, 4.69) is 10.3 Å². The number of amides is 1. The highest BCUT2D eigenvalue weighted by Gasteiger charge is 2.24. The zero-order chi connectivity index (χ0) is 15.5. The van der Waals surface area contributed by atoms with E-state index in [0.717, 1.165) is 11.8 Å². The van der Waals surface area contributed by atoms with Gasteiger partial charge in [0.15, 0.2) is 5.17 Å². The average molecular weight is 319 g/mol. The molecule has 0 aromatic carbocycles. The fourth-order valence-corrected chi connectivity index (χ4v) is 2.50. The van der Waals surface area contributed by atoms with Crippen LogP contribution in [0.4, 0.5) is 5.88 Å². The van der Waals surface area contributed by atoms with Gasteiger partial charge in [0.25, 0.3) is 5.91 Å². The molecule has 0 unspecified atom stereocenters. The van der Waals surface area contributed by atoms with Gasteiger partial charge in [-0.1, -0.05) is 0 Å². The highest BCUT2D eigenvalue weighted by Crippen LogP contribution is 2.27. The lowest BCUT2D eigenvalue weighted by Crippen LogP contribution is -2.19. The van der Waals surface area contributed by atoms with Gasteiger partial charge in [0.1, 0.15) is 16.4 Å². The Morgan fingerprint density at radius 1 is 1.41 bits per heavy atom. The molecule has 3 rings (SSSR count). The van der Waals surface area contributed by atoms with Crippen molar-refractivity contribution in [2.24, 2.45) is 4.99 Å². The Bertz CT molecular complexity index is 775. The lowest BCUT2D eigenvalue weighted by molar-refractivity contribution is -0.402. The number of furan rings is 2. The fraction of sp³-hybridized carbons (Fsp3) is 0.0769. The van der Waals surface area contributed by atoms with Crippen molar-refractivity contribution >= 4 is 34.8 Å². The fourth-order valence-electron chi connectivity index (χ4n) is 1.70. The van der Waals surface area contributed by atoms with Crippen LogP contribution in [0, 0.1) is 10.1 Å². The topological polar surface area (TPSA) is 111 Å². The minimum absolute atomic E-state index is 0.233. The monoisotopic (exact) mass is 319 g/mol. The van der Waals surface area contributed by atoms with E-state index in [1.54, 1.807) is 18.4 Å². The van der Waals surface area contributed by atoms with Crippen molar-refractivity contribution in [1.29, 1.82) is 0 Å². The van der Waals surface area contributed by atoms with Crippen LogP contribution in [0.3, 0.4) is 0 Å². The molecule has 0 atom stereocenters. The molecule has 22 heavy (non-hydrogen) atoms.